The van der Waals surface area contributed by atoms with E-state index in [-0.39, 0.29) is 6.61 Å². The van der Waals surface area contributed by atoms with Crippen LogP contribution in [-0.2, 0) is 6.54 Å². The van der Waals surface area contributed by atoms with E-state index in [2.05, 4.69) is 17.2 Å². The molecule has 0 spiro atoms. The Hall–Kier alpha value is -1.44. The molecule has 1 heterocycles. The summed E-state index contributed by atoms with van der Waals surface area (Å²) in [6.07, 6.45) is 3.55. The van der Waals surface area contributed by atoms with Crippen molar-refractivity contribution in [3.63, 3.8) is 0 Å². The smallest absolute Gasteiger partial charge is 0.140 e. The number of nitriles is 1. The quantitative estimate of drug-likeness (QED) is 0.748. The zero-order chi connectivity index (χ0) is 12.5. The fourth-order valence-electron chi connectivity index (χ4n) is 1.70. The molecule has 0 saturated carbocycles. The van der Waals surface area contributed by atoms with E-state index in [1.807, 2.05) is 12.1 Å². The monoisotopic (exact) mass is 233 g/mol. The van der Waals surface area contributed by atoms with Crippen molar-refractivity contribution >= 4 is 0 Å². The van der Waals surface area contributed by atoms with Crippen LogP contribution in [0.3, 0.4) is 0 Å². The Balaban J connectivity index is 2.37. The van der Waals surface area contributed by atoms with Crippen LogP contribution in [0.25, 0.3) is 0 Å². The lowest BCUT2D eigenvalue weighted by Gasteiger charge is -2.14. The molecule has 4 nitrogen and oxygen atoms in total. The highest BCUT2D eigenvalue weighted by Gasteiger charge is 2.04. The first-order valence-electron chi connectivity index (χ1n) is 5.96. The van der Waals surface area contributed by atoms with Crippen molar-refractivity contribution in [3.8, 4) is 6.07 Å². The van der Waals surface area contributed by atoms with Crippen LogP contribution in [0.15, 0.2) is 18.3 Å². The molecule has 0 aliphatic carbocycles. The van der Waals surface area contributed by atoms with Crippen LogP contribution in [0.2, 0.25) is 0 Å². The second kappa shape index (κ2) is 7.77. The Morgan fingerprint density at radius 1 is 1.59 bits per heavy atom. The van der Waals surface area contributed by atoms with Gasteiger partial charge in [-0.2, -0.15) is 5.26 Å². The maximum absolute atomic E-state index is 8.88. The van der Waals surface area contributed by atoms with Crippen molar-refractivity contribution in [1.82, 2.24) is 10.3 Å². The van der Waals surface area contributed by atoms with Gasteiger partial charge in [-0.15, -0.1) is 0 Å². The number of aliphatic hydroxyl groups excluding tert-OH is 1. The standard InChI is InChI=1S/C13H19N3O/c1-2-11(4-6-17)9-15-10-12-3-5-16-13(7-12)8-14/h3,5,7,11,15,17H,2,4,6,9-10H2,1H3. The molecule has 0 aliphatic rings. The number of pyridine rings is 1. The Bertz CT molecular complexity index is 373. The largest absolute Gasteiger partial charge is 0.396 e. The molecule has 1 aromatic heterocycles. The maximum Gasteiger partial charge on any atom is 0.140 e. The fourth-order valence-corrected chi connectivity index (χ4v) is 1.70. The number of nitrogens with one attached hydrogen (secondary N) is 1. The average molecular weight is 233 g/mol. The number of rotatable bonds is 7. The van der Waals surface area contributed by atoms with Crippen LogP contribution in [-0.4, -0.2) is 23.2 Å². The van der Waals surface area contributed by atoms with Gasteiger partial charge in [0.15, 0.2) is 0 Å². The molecule has 0 aromatic carbocycles. The first kappa shape index (κ1) is 13.6. The number of aromatic nitrogens is 1. The van der Waals surface area contributed by atoms with Crippen LogP contribution in [0.5, 0.6) is 0 Å². The van der Waals surface area contributed by atoms with Crippen LogP contribution in [0, 0.1) is 17.2 Å². The van der Waals surface area contributed by atoms with E-state index >= 15 is 0 Å². The van der Waals surface area contributed by atoms with E-state index in [4.69, 9.17) is 10.4 Å². The normalized spacial score (nSPS) is 12.1. The zero-order valence-corrected chi connectivity index (χ0v) is 10.2. The summed E-state index contributed by atoms with van der Waals surface area (Å²) in [6, 6.07) is 5.72. The van der Waals surface area contributed by atoms with Gasteiger partial charge in [0.2, 0.25) is 0 Å². The predicted octanol–water partition coefficient (Wildman–Crippen LogP) is 1.45. The minimum Gasteiger partial charge on any atom is -0.396 e. The Labute approximate surface area is 102 Å². The predicted molar refractivity (Wildman–Crippen MR) is 66.1 cm³/mol. The van der Waals surface area contributed by atoms with Gasteiger partial charge in [-0.05, 0) is 36.6 Å². The van der Waals surface area contributed by atoms with Gasteiger partial charge in [0.25, 0.3) is 0 Å². The minimum absolute atomic E-state index is 0.244. The van der Waals surface area contributed by atoms with Gasteiger partial charge in [0.05, 0.1) is 0 Å². The van der Waals surface area contributed by atoms with Crippen LogP contribution >= 0.6 is 0 Å². The van der Waals surface area contributed by atoms with Crippen molar-refractivity contribution in [1.29, 1.82) is 5.26 Å². The van der Waals surface area contributed by atoms with Gasteiger partial charge in [-0.3, -0.25) is 0 Å². The molecule has 92 valence electrons. The van der Waals surface area contributed by atoms with Gasteiger partial charge >= 0.3 is 0 Å². The summed E-state index contributed by atoms with van der Waals surface area (Å²) in [7, 11) is 0. The molecular formula is C13H19N3O. The van der Waals surface area contributed by atoms with Gasteiger partial charge in [0.1, 0.15) is 11.8 Å². The van der Waals surface area contributed by atoms with E-state index in [1.54, 1.807) is 12.3 Å². The summed E-state index contributed by atoms with van der Waals surface area (Å²) < 4.78 is 0. The molecule has 1 aromatic rings. The van der Waals surface area contributed by atoms with Crippen LogP contribution in [0.1, 0.15) is 31.0 Å². The molecule has 0 bridgehead atoms. The average Bonchev–Trinajstić information content (AvgIpc) is 2.38. The highest BCUT2D eigenvalue weighted by molar-refractivity contribution is 5.25. The molecule has 1 unspecified atom stereocenters. The summed E-state index contributed by atoms with van der Waals surface area (Å²) in [5.41, 5.74) is 1.52. The first-order valence-corrected chi connectivity index (χ1v) is 5.96. The SMILES string of the molecule is CCC(CCO)CNCc1ccnc(C#N)c1. The third kappa shape index (κ3) is 4.94. The molecular weight excluding hydrogens is 214 g/mol. The van der Waals surface area contributed by atoms with Crippen molar-refractivity contribution in [2.24, 2.45) is 5.92 Å². The summed E-state index contributed by atoms with van der Waals surface area (Å²) in [5, 5.41) is 20.9. The number of aliphatic hydroxyl groups is 1. The fraction of sp³-hybridized carbons (Fsp3) is 0.538. The molecule has 1 rings (SSSR count). The minimum atomic E-state index is 0.244. The summed E-state index contributed by atoms with van der Waals surface area (Å²) in [4.78, 5) is 3.92. The lowest BCUT2D eigenvalue weighted by molar-refractivity contribution is 0.251. The Morgan fingerprint density at radius 3 is 3.06 bits per heavy atom. The van der Waals surface area contributed by atoms with Crippen molar-refractivity contribution in [3.05, 3.63) is 29.6 Å². The van der Waals surface area contributed by atoms with Gasteiger partial charge in [-0.1, -0.05) is 13.3 Å². The number of hydrogen-bond acceptors (Lipinski definition) is 4. The summed E-state index contributed by atoms with van der Waals surface area (Å²) in [6.45, 7) is 4.00. The second-order valence-corrected chi connectivity index (χ2v) is 4.08. The molecule has 0 saturated heterocycles. The first-order chi connectivity index (χ1) is 8.30. The lowest BCUT2D eigenvalue weighted by atomic mass is 10.0. The molecule has 1 atom stereocenters. The number of hydrogen-bond donors (Lipinski definition) is 2. The van der Waals surface area contributed by atoms with E-state index < -0.39 is 0 Å². The number of nitrogens with zero attached hydrogens (tertiary/aromatic N) is 2. The summed E-state index contributed by atoms with van der Waals surface area (Å²) >= 11 is 0. The van der Waals surface area contributed by atoms with Crippen molar-refractivity contribution in [2.75, 3.05) is 13.2 Å². The molecule has 2 N–H and O–H groups in total. The highest BCUT2D eigenvalue weighted by Crippen LogP contribution is 2.06. The van der Waals surface area contributed by atoms with E-state index in [0.717, 1.165) is 31.5 Å². The van der Waals surface area contributed by atoms with E-state index in [9.17, 15) is 0 Å². The molecule has 0 fully saturated rings. The third-order valence-corrected chi connectivity index (χ3v) is 2.82. The molecule has 0 amide bonds. The molecule has 4 heteroatoms. The topological polar surface area (TPSA) is 68.9 Å². The van der Waals surface area contributed by atoms with Gasteiger partial charge in [-0.25, -0.2) is 4.98 Å². The van der Waals surface area contributed by atoms with Gasteiger partial charge in [0, 0.05) is 19.3 Å². The Morgan fingerprint density at radius 2 is 2.41 bits per heavy atom. The van der Waals surface area contributed by atoms with Crippen LogP contribution < -0.4 is 5.32 Å². The van der Waals surface area contributed by atoms with Gasteiger partial charge < -0.3 is 10.4 Å². The van der Waals surface area contributed by atoms with E-state index in [0.29, 0.717) is 11.6 Å². The zero-order valence-electron chi connectivity index (χ0n) is 10.2. The molecule has 0 aliphatic heterocycles. The second-order valence-electron chi connectivity index (χ2n) is 4.08. The van der Waals surface area contributed by atoms with Crippen molar-refractivity contribution in [2.45, 2.75) is 26.3 Å². The van der Waals surface area contributed by atoms with Crippen LogP contribution in [0.4, 0.5) is 0 Å². The lowest BCUT2D eigenvalue weighted by Crippen LogP contribution is -2.23. The molecule has 0 radical (unpaired) electrons. The molecule has 17 heavy (non-hydrogen) atoms. The summed E-state index contributed by atoms with van der Waals surface area (Å²) in [5.74, 6) is 0.511. The van der Waals surface area contributed by atoms with E-state index in [1.165, 1.54) is 0 Å². The Kier molecular flexibility index (Phi) is 6.23. The third-order valence-electron chi connectivity index (χ3n) is 2.82. The highest BCUT2D eigenvalue weighted by atomic mass is 16.3. The van der Waals surface area contributed by atoms with Crippen molar-refractivity contribution < 1.29 is 5.11 Å². The maximum atomic E-state index is 8.88.